The van der Waals surface area contributed by atoms with Crippen molar-refractivity contribution in [3.05, 3.63) is 29.2 Å². The molecule has 72 valence electrons. The largest absolute Gasteiger partial charge is 0.618 e. The molecule has 0 saturated carbocycles. The number of hydrogen-bond donors (Lipinski definition) is 0. The number of nitrogens with zero attached hydrogens (tertiary/aromatic N) is 1. The zero-order valence-electron chi connectivity index (χ0n) is 6.63. The lowest BCUT2D eigenvalue weighted by Gasteiger charge is -2.08. The summed E-state index contributed by atoms with van der Waals surface area (Å²) in [6.07, 6.45) is -4.04. The Hall–Kier alpha value is -1.46. The molecule has 0 aliphatic carbocycles. The Morgan fingerprint density at radius 2 is 2.00 bits per heavy atom. The van der Waals surface area contributed by atoms with Crippen LogP contribution in [0, 0.1) is 12.1 Å². The highest BCUT2D eigenvalue weighted by atomic mass is 19.4. The smallest absolute Gasteiger partial charge is 0.573 e. The van der Waals surface area contributed by atoms with Crippen LogP contribution in [-0.4, -0.2) is 6.36 Å². The first-order valence-corrected chi connectivity index (χ1v) is 3.34. The van der Waals surface area contributed by atoms with Gasteiger partial charge in [-0.25, -0.2) is 0 Å². The van der Waals surface area contributed by atoms with Crippen molar-refractivity contribution < 1.29 is 22.6 Å². The van der Waals surface area contributed by atoms with Crippen LogP contribution in [0.2, 0.25) is 0 Å². The topological polar surface area (TPSA) is 36.2 Å². The van der Waals surface area contributed by atoms with E-state index in [0.717, 1.165) is 12.3 Å². The number of pyridine rings is 1. The lowest BCUT2D eigenvalue weighted by molar-refractivity contribution is -0.613. The second-order valence-corrected chi connectivity index (χ2v) is 2.38. The molecule has 0 fully saturated rings. The molecule has 0 unspecified atom stereocenters. The molecule has 0 bridgehead atoms. The number of alkyl halides is 3. The van der Waals surface area contributed by atoms with Crippen LogP contribution in [0.1, 0.15) is 5.69 Å². The van der Waals surface area contributed by atoms with E-state index in [-0.39, 0.29) is 0 Å². The maximum absolute atomic E-state index is 11.6. The highest BCUT2D eigenvalue weighted by Gasteiger charge is 2.31. The van der Waals surface area contributed by atoms with Gasteiger partial charge in [-0.15, -0.1) is 13.2 Å². The fourth-order valence-corrected chi connectivity index (χ4v) is 0.731. The Kier molecular flexibility index (Phi) is 2.31. The molecule has 1 heterocycles. The Labute approximate surface area is 71.9 Å². The van der Waals surface area contributed by atoms with Gasteiger partial charge in [-0.2, -0.15) is 4.73 Å². The first-order valence-electron chi connectivity index (χ1n) is 3.34. The summed E-state index contributed by atoms with van der Waals surface area (Å²) in [5.74, 6) is -0.520. The summed E-state index contributed by atoms with van der Waals surface area (Å²) in [6.45, 7) is 1.48. The van der Waals surface area contributed by atoms with Gasteiger partial charge in [-0.05, 0) is 6.07 Å². The van der Waals surface area contributed by atoms with E-state index in [1.165, 1.54) is 13.0 Å². The standard InChI is InChI=1S/C7H6F3NO2/c1-5-2-3-6(4-11(5)12)13-7(8,9)10/h2-4H,1H3. The van der Waals surface area contributed by atoms with E-state index in [4.69, 9.17) is 0 Å². The van der Waals surface area contributed by atoms with Crippen LogP contribution in [0.15, 0.2) is 18.3 Å². The van der Waals surface area contributed by atoms with E-state index in [1.807, 2.05) is 0 Å². The molecule has 0 amide bonds. The predicted octanol–water partition coefficient (Wildman–Crippen LogP) is 1.53. The molecule has 0 atom stereocenters. The molecule has 1 aromatic heterocycles. The van der Waals surface area contributed by atoms with Gasteiger partial charge in [0.25, 0.3) is 0 Å². The minimum atomic E-state index is -4.76. The third kappa shape index (κ3) is 2.81. The Bertz CT molecular complexity index is 311. The summed E-state index contributed by atoms with van der Waals surface area (Å²) in [4.78, 5) is 0. The number of ether oxygens (including phenoxy) is 1. The van der Waals surface area contributed by atoms with Crippen molar-refractivity contribution in [2.45, 2.75) is 13.3 Å². The lowest BCUT2D eigenvalue weighted by Crippen LogP contribution is -2.30. The van der Waals surface area contributed by atoms with E-state index in [1.54, 1.807) is 0 Å². The summed E-state index contributed by atoms with van der Waals surface area (Å²) >= 11 is 0. The molecule has 6 heteroatoms. The first-order chi connectivity index (χ1) is 5.88. The van der Waals surface area contributed by atoms with Crippen molar-refractivity contribution in [3.8, 4) is 5.75 Å². The minimum Gasteiger partial charge on any atom is -0.618 e. The van der Waals surface area contributed by atoms with Crippen LogP contribution in [0.25, 0.3) is 0 Å². The summed E-state index contributed by atoms with van der Waals surface area (Å²) in [6, 6.07) is 2.32. The average molecular weight is 193 g/mol. The Morgan fingerprint density at radius 3 is 2.46 bits per heavy atom. The van der Waals surface area contributed by atoms with Gasteiger partial charge in [-0.3, -0.25) is 0 Å². The fourth-order valence-electron chi connectivity index (χ4n) is 0.731. The van der Waals surface area contributed by atoms with E-state index in [9.17, 15) is 18.4 Å². The van der Waals surface area contributed by atoms with Gasteiger partial charge >= 0.3 is 6.36 Å². The zero-order valence-corrected chi connectivity index (χ0v) is 6.63. The predicted molar refractivity (Wildman–Crippen MR) is 36.8 cm³/mol. The molecular weight excluding hydrogens is 187 g/mol. The molecule has 13 heavy (non-hydrogen) atoms. The third-order valence-electron chi connectivity index (χ3n) is 1.31. The van der Waals surface area contributed by atoms with Gasteiger partial charge in [0.2, 0.25) is 6.20 Å². The van der Waals surface area contributed by atoms with Crippen molar-refractivity contribution in [1.29, 1.82) is 0 Å². The van der Waals surface area contributed by atoms with Gasteiger partial charge in [0.05, 0.1) is 0 Å². The summed E-state index contributed by atoms with van der Waals surface area (Å²) < 4.78 is 38.7. The highest BCUT2D eigenvalue weighted by molar-refractivity contribution is 5.15. The molecule has 3 nitrogen and oxygen atoms in total. The molecule has 0 aromatic carbocycles. The summed E-state index contributed by atoms with van der Waals surface area (Å²) in [7, 11) is 0. The van der Waals surface area contributed by atoms with Gasteiger partial charge < -0.3 is 9.94 Å². The quantitative estimate of drug-likeness (QED) is 0.500. The van der Waals surface area contributed by atoms with Gasteiger partial charge in [-0.1, -0.05) is 0 Å². The van der Waals surface area contributed by atoms with Crippen molar-refractivity contribution in [1.82, 2.24) is 0 Å². The van der Waals surface area contributed by atoms with Crippen LogP contribution >= 0.6 is 0 Å². The average Bonchev–Trinajstić information content (AvgIpc) is 1.94. The van der Waals surface area contributed by atoms with Crippen LogP contribution in [-0.2, 0) is 0 Å². The normalized spacial score (nSPS) is 11.4. The molecule has 0 radical (unpaired) electrons. The number of halogens is 3. The zero-order chi connectivity index (χ0) is 10.1. The monoisotopic (exact) mass is 193 g/mol. The number of hydrogen-bond acceptors (Lipinski definition) is 2. The van der Waals surface area contributed by atoms with E-state index in [2.05, 4.69) is 4.74 Å². The van der Waals surface area contributed by atoms with Crippen LogP contribution in [0.4, 0.5) is 13.2 Å². The number of rotatable bonds is 1. The van der Waals surface area contributed by atoms with Gasteiger partial charge in [0.15, 0.2) is 11.4 Å². The maximum atomic E-state index is 11.6. The van der Waals surface area contributed by atoms with Gasteiger partial charge in [0.1, 0.15) is 0 Å². The SMILES string of the molecule is Cc1ccc(OC(F)(F)F)c[n+]1[O-]. The highest BCUT2D eigenvalue weighted by Crippen LogP contribution is 2.20. The van der Waals surface area contributed by atoms with Crippen LogP contribution < -0.4 is 9.47 Å². The summed E-state index contributed by atoms with van der Waals surface area (Å²) in [5.41, 5.74) is 0.300. The van der Waals surface area contributed by atoms with E-state index < -0.39 is 12.1 Å². The molecular formula is C7H6F3NO2. The van der Waals surface area contributed by atoms with Crippen molar-refractivity contribution in [3.63, 3.8) is 0 Å². The van der Waals surface area contributed by atoms with Crippen LogP contribution in [0.5, 0.6) is 5.75 Å². The lowest BCUT2D eigenvalue weighted by atomic mass is 10.4. The number of aryl methyl sites for hydroxylation is 1. The molecule has 1 aromatic rings. The third-order valence-corrected chi connectivity index (χ3v) is 1.31. The molecule has 0 aliphatic heterocycles. The Balaban J connectivity index is 2.86. The maximum Gasteiger partial charge on any atom is 0.573 e. The molecule has 1 rings (SSSR count). The molecule has 0 aliphatic rings. The molecule has 0 N–H and O–H groups in total. The second kappa shape index (κ2) is 3.12. The van der Waals surface area contributed by atoms with Crippen molar-refractivity contribution in [2.75, 3.05) is 0 Å². The van der Waals surface area contributed by atoms with Crippen molar-refractivity contribution in [2.24, 2.45) is 0 Å². The molecule has 0 spiro atoms. The van der Waals surface area contributed by atoms with E-state index in [0.29, 0.717) is 10.4 Å². The van der Waals surface area contributed by atoms with Gasteiger partial charge in [0, 0.05) is 13.0 Å². The molecule has 0 saturated heterocycles. The van der Waals surface area contributed by atoms with Crippen LogP contribution in [0.3, 0.4) is 0 Å². The fraction of sp³-hybridized carbons (Fsp3) is 0.286. The first kappa shape index (κ1) is 9.63. The Morgan fingerprint density at radius 1 is 1.38 bits per heavy atom. The van der Waals surface area contributed by atoms with E-state index >= 15 is 0 Å². The minimum absolute atomic E-state index is 0.300. The second-order valence-electron chi connectivity index (χ2n) is 2.38. The summed E-state index contributed by atoms with van der Waals surface area (Å²) in [5, 5.41) is 10.8. The van der Waals surface area contributed by atoms with Crippen molar-refractivity contribution >= 4 is 0 Å². The number of aromatic nitrogens is 1.